The predicted octanol–water partition coefficient (Wildman–Crippen LogP) is 1.72. The molecule has 1 heterocycles. The second-order valence-electron chi connectivity index (χ2n) is 3.04. The summed E-state index contributed by atoms with van der Waals surface area (Å²) in [5, 5.41) is 8.62. The zero-order valence-corrected chi connectivity index (χ0v) is 8.29. The maximum absolute atomic E-state index is 8.62. The van der Waals surface area contributed by atoms with Gasteiger partial charge in [-0.25, -0.2) is 9.97 Å². The summed E-state index contributed by atoms with van der Waals surface area (Å²) in [6.45, 7) is 0. The molecule has 0 fully saturated rings. The van der Waals surface area contributed by atoms with Gasteiger partial charge < -0.3 is 10.5 Å². The molecule has 5 nitrogen and oxygen atoms in total. The van der Waals surface area contributed by atoms with Gasteiger partial charge >= 0.3 is 6.01 Å². The number of nitrogens with two attached hydrogens (primary N) is 1. The van der Waals surface area contributed by atoms with Crippen molar-refractivity contribution in [2.45, 2.75) is 0 Å². The lowest BCUT2D eigenvalue weighted by Crippen LogP contribution is -1.93. The molecule has 0 saturated carbocycles. The molecular weight excluding hydrogens is 204 g/mol. The molecule has 0 saturated heterocycles. The molecule has 1 aromatic heterocycles. The molecule has 0 bridgehead atoms. The van der Waals surface area contributed by atoms with Crippen LogP contribution in [-0.4, -0.2) is 9.97 Å². The van der Waals surface area contributed by atoms with Crippen LogP contribution in [0.3, 0.4) is 0 Å². The highest BCUT2D eigenvalue weighted by Gasteiger charge is 1.99. The Bertz CT molecular complexity index is 513. The second kappa shape index (κ2) is 4.28. The molecule has 2 aromatic rings. The van der Waals surface area contributed by atoms with E-state index in [0.717, 1.165) is 0 Å². The van der Waals surface area contributed by atoms with Crippen LogP contribution in [0.2, 0.25) is 0 Å². The molecule has 5 heteroatoms. The van der Waals surface area contributed by atoms with Crippen LogP contribution in [0.4, 0.5) is 5.69 Å². The Morgan fingerprint density at radius 3 is 2.31 bits per heavy atom. The van der Waals surface area contributed by atoms with E-state index in [1.807, 2.05) is 6.07 Å². The summed E-state index contributed by atoms with van der Waals surface area (Å²) < 4.78 is 5.35. The normalized spacial score (nSPS) is 9.44. The van der Waals surface area contributed by atoms with Gasteiger partial charge in [-0.1, -0.05) is 0 Å². The lowest BCUT2D eigenvalue weighted by molar-refractivity contribution is 0.442. The van der Waals surface area contributed by atoms with Crippen molar-refractivity contribution in [3.8, 4) is 17.8 Å². The average Bonchev–Trinajstić information content (AvgIpc) is 2.33. The van der Waals surface area contributed by atoms with E-state index in [1.54, 1.807) is 24.3 Å². The number of nitrogen functional groups attached to an aromatic ring is 1. The fraction of sp³-hybridized carbons (Fsp3) is 0. The molecule has 0 aliphatic heterocycles. The molecule has 0 amide bonds. The molecule has 2 N–H and O–H groups in total. The van der Waals surface area contributed by atoms with Gasteiger partial charge in [0.15, 0.2) is 0 Å². The third-order valence-corrected chi connectivity index (χ3v) is 1.84. The van der Waals surface area contributed by atoms with Gasteiger partial charge in [0.2, 0.25) is 0 Å². The third-order valence-electron chi connectivity index (χ3n) is 1.84. The molecule has 16 heavy (non-hydrogen) atoms. The van der Waals surface area contributed by atoms with Crippen molar-refractivity contribution >= 4 is 5.69 Å². The van der Waals surface area contributed by atoms with E-state index >= 15 is 0 Å². The molecule has 0 aliphatic carbocycles. The van der Waals surface area contributed by atoms with Gasteiger partial charge in [0.25, 0.3) is 0 Å². The first-order chi connectivity index (χ1) is 7.78. The minimum absolute atomic E-state index is 0.221. The first-order valence-corrected chi connectivity index (χ1v) is 4.53. The molecule has 0 spiro atoms. The van der Waals surface area contributed by atoms with Crippen molar-refractivity contribution in [1.29, 1.82) is 5.26 Å². The molecule has 2 rings (SSSR count). The van der Waals surface area contributed by atoms with Crippen LogP contribution in [0.25, 0.3) is 0 Å². The van der Waals surface area contributed by atoms with Crippen LogP contribution >= 0.6 is 0 Å². The number of benzene rings is 1. The smallest absolute Gasteiger partial charge is 0.322 e. The van der Waals surface area contributed by atoms with Crippen LogP contribution in [0.1, 0.15) is 5.56 Å². The van der Waals surface area contributed by atoms with Gasteiger partial charge in [-0.15, -0.1) is 0 Å². The van der Waals surface area contributed by atoms with E-state index in [0.29, 0.717) is 17.0 Å². The van der Waals surface area contributed by atoms with Crippen molar-refractivity contribution < 1.29 is 4.74 Å². The molecular formula is C11H8N4O. The zero-order valence-electron chi connectivity index (χ0n) is 8.29. The summed E-state index contributed by atoms with van der Waals surface area (Å²) in [4.78, 5) is 7.79. The van der Waals surface area contributed by atoms with Crippen molar-refractivity contribution in [3.05, 3.63) is 42.2 Å². The quantitative estimate of drug-likeness (QED) is 0.819. The Labute approximate surface area is 92.1 Å². The Kier molecular flexibility index (Phi) is 2.65. The minimum Gasteiger partial charge on any atom is -0.424 e. The van der Waals surface area contributed by atoms with Crippen LogP contribution in [-0.2, 0) is 0 Å². The third kappa shape index (κ3) is 2.25. The number of hydrogen-bond acceptors (Lipinski definition) is 5. The van der Waals surface area contributed by atoms with Crippen molar-refractivity contribution in [2.75, 3.05) is 5.73 Å². The second-order valence-corrected chi connectivity index (χ2v) is 3.04. The topological polar surface area (TPSA) is 84.8 Å². The van der Waals surface area contributed by atoms with Crippen LogP contribution in [0.15, 0.2) is 36.7 Å². The van der Waals surface area contributed by atoms with E-state index in [4.69, 9.17) is 15.7 Å². The zero-order chi connectivity index (χ0) is 11.4. The molecule has 1 aromatic carbocycles. The van der Waals surface area contributed by atoms with E-state index in [1.165, 1.54) is 12.4 Å². The molecule has 0 aliphatic rings. The van der Waals surface area contributed by atoms with E-state index in [2.05, 4.69) is 9.97 Å². The monoisotopic (exact) mass is 212 g/mol. The van der Waals surface area contributed by atoms with Crippen LogP contribution in [0.5, 0.6) is 11.8 Å². The maximum atomic E-state index is 8.62. The van der Waals surface area contributed by atoms with Gasteiger partial charge in [-0.3, -0.25) is 0 Å². The molecule has 0 atom stereocenters. The van der Waals surface area contributed by atoms with Gasteiger partial charge in [-0.2, -0.15) is 5.26 Å². The number of aromatic nitrogens is 2. The van der Waals surface area contributed by atoms with E-state index < -0.39 is 0 Å². The standard InChI is InChI=1S/C11H8N4O/c12-5-8-1-3-10(4-2-8)16-11-14-6-9(13)7-15-11/h1-4,6-7H,13H2. The van der Waals surface area contributed by atoms with E-state index in [9.17, 15) is 0 Å². The summed E-state index contributed by atoms with van der Waals surface area (Å²) in [5.74, 6) is 0.573. The minimum atomic E-state index is 0.221. The Hall–Kier alpha value is -2.61. The lowest BCUT2D eigenvalue weighted by atomic mass is 10.2. The average molecular weight is 212 g/mol. The summed E-state index contributed by atoms with van der Waals surface area (Å²) in [6, 6.07) is 8.92. The number of ether oxygens (including phenoxy) is 1. The van der Waals surface area contributed by atoms with Crippen molar-refractivity contribution in [1.82, 2.24) is 9.97 Å². The van der Waals surface area contributed by atoms with E-state index in [-0.39, 0.29) is 6.01 Å². The first kappa shape index (κ1) is 9.93. The summed E-state index contributed by atoms with van der Waals surface area (Å²) in [7, 11) is 0. The first-order valence-electron chi connectivity index (χ1n) is 4.53. The fourth-order valence-electron chi connectivity index (χ4n) is 1.08. The summed E-state index contributed by atoms with van der Waals surface area (Å²) in [6.07, 6.45) is 2.93. The number of anilines is 1. The maximum Gasteiger partial charge on any atom is 0.322 e. The predicted molar refractivity (Wildman–Crippen MR) is 57.7 cm³/mol. The van der Waals surface area contributed by atoms with Gasteiger partial charge in [0.05, 0.1) is 29.7 Å². The van der Waals surface area contributed by atoms with Gasteiger partial charge in [0.1, 0.15) is 5.75 Å². The van der Waals surface area contributed by atoms with Crippen LogP contribution < -0.4 is 10.5 Å². The Morgan fingerprint density at radius 2 is 1.75 bits per heavy atom. The molecule has 0 radical (unpaired) electrons. The summed E-state index contributed by atoms with van der Waals surface area (Å²) >= 11 is 0. The van der Waals surface area contributed by atoms with Crippen LogP contribution in [0, 0.1) is 11.3 Å². The summed E-state index contributed by atoms with van der Waals surface area (Å²) in [5.41, 5.74) is 6.49. The Morgan fingerprint density at radius 1 is 1.12 bits per heavy atom. The molecule has 78 valence electrons. The fourth-order valence-corrected chi connectivity index (χ4v) is 1.08. The largest absolute Gasteiger partial charge is 0.424 e. The molecule has 0 unspecified atom stereocenters. The lowest BCUT2D eigenvalue weighted by Gasteiger charge is -2.02. The number of hydrogen-bond donors (Lipinski definition) is 1. The highest BCUT2D eigenvalue weighted by Crippen LogP contribution is 2.17. The Balaban J connectivity index is 2.15. The highest BCUT2D eigenvalue weighted by molar-refractivity contribution is 5.36. The highest BCUT2D eigenvalue weighted by atomic mass is 16.5. The number of nitriles is 1. The van der Waals surface area contributed by atoms with Gasteiger partial charge in [0, 0.05) is 0 Å². The number of nitrogens with zero attached hydrogens (tertiary/aromatic N) is 3. The van der Waals surface area contributed by atoms with Crippen molar-refractivity contribution in [2.24, 2.45) is 0 Å². The van der Waals surface area contributed by atoms with Crippen molar-refractivity contribution in [3.63, 3.8) is 0 Å². The van der Waals surface area contributed by atoms with Gasteiger partial charge in [-0.05, 0) is 24.3 Å². The SMILES string of the molecule is N#Cc1ccc(Oc2ncc(N)cn2)cc1. The number of rotatable bonds is 2.